The van der Waals surface area contributed by atoms with Crippen molar-refractivity contribution in [3.05, 3.63) is 53.0 Å². The molecule has 1 fully saturated rings. The maximum atomic E-state index is 14.1. The summed E-state index contributed by atoms with van der Waals surface area (Å²) in [5, 5.41) is 10.4. The van der Waals surface area contributed by atoms with Gasteiger partial charge in [0, 0.05) is 31.1 Å². The molecule has 27 heavy (non-hydrogen) atoms. The number of primary amides is 1. The minimum Gasteiger partial charge on any atom is -0.369 e. The van der Waals surface area contributed by atoms with Crippen LogP contribution in [0.2, 0.25) is 0 Å². The first-order valence-electron chi connectivity index (χ1n) is 8.28. The Hall–Kier alpha value is -3.24. The van der Waals surface area contributed by atoms with Crippen LogP contribution in [0.15, 0.2) is 30.3 Å². The lowest BCUT2D eigenvalue weighted by atomic mass is 10.0. The van der Waals surface area contributed by atoms with E-state index in [4.69, 9.17) is 5.73 Å². The van der Waals surface area contributed by atoms with Gasteiger partial charge in [0.1, 0.15) is 11.5 Å². The molecule has 0 bridgehead atoms. The second kappa shape index (κ2) is 6.82. The third-order valence-corrected chi connectivity index (χ3v) is 4.34. The molecule has 2 heterocycles. The number of likely N-dealkylation sites (tertiary alicyclic amines) is 1. The Morgan fingerprint density at radius 1 is 1.33 bits per heavy atom. The van der Waals surface area contributed by atoms with Gasteiger partial charge in [-0.2, -0.15) is 0 Å². The smallest absolute Gasteiger partial charge is 0.267 e. The van der Waals surface area contributed by atoms with Crippen molar-refractivity contribution in [2.75, 3.05) is 13.6 Å². The second-order valence-corrected chi connectivity index (χ2v) is 6.59. The number of hydrogen-bond acceptors (Lipinski definition) is 4. The van der Waals surface area contributed by atoms with Gasteiger partial charge >= 0.3 is 0 Å². The SMILES string of the molecule is Cc1cc(C(N)=O)nc(-c2cc(F)cc(C#CC3(O)CCN(C)C3=O)c2)c1. The molecule has 2 amide bonds. The number of aliphatic hydroxyl groups is 1. The summed E-state index contributed by atoms with van der Waals surface area (Å²) in [7, 11) is 1.59. The fourth-order valence-electron chi connectivity index (χ4n) is 2.90. The molecular formula is C20H18FN3O3. The number of benzene rings is 1. The lowest BCUT2D eigenvalue weighted by molar-refractivity contribution is -0.137. The standard InChI is InChI=1S/C20H18FN3O3/c1-12-7-16(23-17(8-12)18(22)25)14-9-13(10-15(21)11-14)3-4-20(27)5-6-24(2)19(20)26/h7-11,27H,5-6H2,1-2H3,(H2,22,25). The van der Waals surface area contributed by atoms with Gasteiger partial charge in [-0.1, -0.05) is 11.8 Å². The molecule has 3 rings (SSSR count). The van der Waals surface area contributed by atoms with Crippen LogP contribution in [0.3, 0.4) is 0 Å². The van der Waals surface area contributed by atoms with Crippen molar-refractivity contribution >= 4 is 11.8 Å². The van der Waals surface area contributed by atoms with Crippen molar-refractivity contribution in [2.45, 2.75) is 18.9 Å². The molecule has 0 spiro atoms. The number of halogens is 1. The van der Waals surface area contributed by atoms with Crippen LogP contribution in [0, 0.1) is 24.6 Å². The predicted octanol–water partition coefficient (Wildman–Crippen LogP) is 1.24. The summed E-state index contributed by atoms with van der Waals surface area (Å²) >= 11 is 0. The quantitative estimate of drug-likeness (QED) is 0.781. The van der Waals surface area contributed by atoms with E-state index in [1.165, 1.54) is 17.0 Å². The highest BCUT2D eigenvalue weighted by atomic mass is 19.1. The van der Waals surface area contributed by atoms with E-state index >= 15 is 0 Å². The van der Waals surface area contributed by atoms with Gasteiger partial charge in [-0.3, -0.25) is 9.59 Å². The monoisotopic (exact) mass is 367 g/mol. The molecule has 0 aliphatic carbocycles. The number of likely N-dealkylation sites (N-methyl/N-ethyl adjacent to an activating group) is 1. The normalized spacial score (nSPS) is 19.0. The van der Waals surface area contributed by atoms with Crippen LogP contribution in [0.1, 0.15) is 28.0 Å². The first-order valence-corrected chi connectivity index (χ1v) is 8.28. The molecule has 6 nitrogen and oxygen atoms in total. The summed E-state index contributed by atoms with van der Waals surface area (Å²) in [4.78, 5) is 29.0. The number of nitrogens with zero attached hydrogens (tertiary/aromatic N) is 2. The van der Waals surface area contributed by atoms with Crippen LogP contribution in [-0.2, 0) is 4.79 Å². The Balaban J connectivity index is 2.01. The number of carbonyl (C=O) groups is 2. The van der Waals surface area contributed by atoms with Gasteiger partial charge in [0.05, 0.1) is 5.69 Å². The molecule has 1 aromatic heterocycles. The number of aryl methyl sites for hydroxylation is 1. The van der Waals surface area contributed by atoms with Gasteiger partial charge in [-0.25, -0.2) is 9.37 Å². The molecule has 7 heteroatoms. The van der Waals surface area contributed by atoms with Gasteiger partial charge in [0.15, 0.2) is 0 Å². The first kappa shape index (κ1) is 18.5. The van der Waals surface area contributed by atoms with Gasteiger partial charge in [-0.15, -0.1) is 0 Å². The zero-order chi connectivity index (χ0) is 19.8. The third kappa shape index (κ3) is 3.81. The van der Waals surface area contributed by atoms with Crippen LogP contribution < -0.4 is 5.73 Å². The number of nitrogens with two attached hydrogens (primary N) is 1. The molecule has 1 aliphatic heterocycles. The van der Waals surface area contributed by atoms with Crippen molar-refractivity contribution in [1.82, 2.24) is 9.88 Å². The van der Waals surface area contributed by atoms with E-state index in [-0.39, 0.29) is 17.7 Å². The van der Waals surface area contributed by atoms with Gasteiger partial charge < -0.3 is 15.7 Å². The summed E-state index contributed by atoms with van der Waals surface area (Å²) in [6.45, 7) is 2.18. The first-order chi connectivity index (χ1) is 12.7. The zero-order valence-corrected chi connectivity index (χ0v) is 14.9. The maximum Gasteiger partial charge on any atom is 0.267 e. The maximum absolute atomic E-state index is 14.1. The molecular weight excluding hydrogens is 349 g/mol. The van der Waals surface area contributed by atoms with E-state index in [1.54, 1.807) is 32.2 Å². The topological polar surface area (TPSA) is 96.5 Å². The van der Waals surface area contributed by atoms with Crippen LogP contribution in [0.5, 0.6) is 0 Å². The van der Waals surface area contributed by atoms with Crippen molar-refractivity contribution < 1.29 is 19.1 Å². The van der Waals surface area contributed by atoms with Crippen LogP contribution >= 0.6 is 0 Å². The Kier molecular flexibility index (Phi) is 4.68. The lowest BCUT2D eigenvalue weighted by Crippen LogP contribution is -2.37. The summed E-state index contributed by atoms with van der Waals surface area (Å²) in [5.41, 5.74) is 5.42. The second-order valence-electron chi connectivity index (χ2n) is 6.59. The minimum absolute atomic E-state index is 0.0794. The lowest BCUT2D eigenvalue weighted by Gasteiger charge is -2.13. The van der Waals surface area contributed by atoms with Gasteiger partial charge in [0.2, 0.25) is 5.60 Å². The largest absolute Gasteiger partial charge is 0.369 e. The highest BCUT2D eigenvalue weighted by Gasteiger charge is 2.42. The molecule has 0 saturated carbocycles. The number of rotatable bonds is 2. The molecule has 138 valence electrons. The molecule has 3 N–H and O–H groups in total. The number of carbonyl (C=O) groups excluding carboxylic acids is 2. The highest BCUT2D eigenvalue weighted by Crippen LogP contribution is 2.23. The molecule has 1 atom stereocenters. The van der Waals surface area contributed by atoms with E-state index in [0.29, 0.717) is 17.8 Å². The van der Waals surface area contributed by atoms with Crippen molar-refractivity contribution in [1.29, 1.82) is 0 Å². The van der Waals surface area contributed by atoms with Gasteiger partial charge in [0.25, 0.3) is 11.8 Å². The number of aromatic nitrogens is 1. The predicted molar refractivity (Wildman–Crippen MR) is 97.0 cm³/mol. The fourth-order valence-corrected chi connectivity index (χ4v) is 2.90. The van der Waals surface area contributed by atoms with E-state index in [1.807, 2.05) is 0 Å². The Morgan fingerprint density at radius 3 is 2.70 bits per heavy atom. The van der Waals surface area contributed by atoms with E-state index in [9.17, 15) is 19.1 Å². The fraction of sp³-hybridized carbons (Fsp3) is 0.250. The molecule has 1 aromatic carbocycles. The summed E-state index contributed by atoms with van der Waals surface area (Å²) in [6.07, 6.45) is 0.193. The summed E-state index contributed by atoms with van der Waals surface area (Å²) in [5.74, 6) is 3.52. The van der Waals surface area contributed by atoms with Gasteiger partial charge in [-0.05, 0) is 42.8 Å². The number of hydrogen-bond donors (Lipinski definition) is 2. The van der Waals surface area contributed by atoms with E-state index < -0.39 is 23.2 Å². The average Bonchev–Trinajstić information content (AvgIpc) is 2.87. The minimum atomic E-state index is -1.76. The highest BCUT2D eigenvalue weighted by molar-refractivity contribution is 5.92. The summed E-state index contributed by atoms with van der Waals surface area (Å²) < 4.78 is 14.1. The number of pyridine rings is 1. The molecule has 0 radical (unpaired) electrons. The van der Waals surface area contributed by atoms with Crippen molar-refractivity contribution in [2.24, 2.45) is 5.73 Å². The van der Waals surface area contributed by atoms with E-state index in [2.05, 4.69) is 16.8 Å². The molecule has 2 aromatic rings. The van der Waals surface area contributed by atoms with Crippen LogP contribution in [0.4, 0.5) is 4.39 Å². The third-order valence-electron chi connectivity index (χ3n) is 4.34. The van der Waals surface area contributed by atoms with Crippen molar-refractivity contribution in [3.8, 4) is 23.1 Å². The number of amides is 2. The molecule has 1 unspecified atom stereocenters. The molecule has 1 saturated heterocycles. The van der Waals surface area contributed by atoms with Crippen LogP contribution in [0.25, 0.3) is 11.3 Å². The van der Waals surface area contributed by atoms with Crippen molar-refractivity contribution in [3.63, 3.8) is 0 Å². The van der Waals surface area contributed by atoms with E-state index in [0.717, 1.165) is 5.56 Å². The Labute approximate surface area is 155 Å². The average molecular weight is 367 g/mol. The van der Waals surface area contributed by atoms with Crippen LogP contribution in [-0.4, -0.2) is 46.0 Å². The summed E-state index contributed by atoms with van der Waals surface area (Å²) in [6, 6.07) is 7.29. The zero-order valence-electron chi connectivity index (χ0n) is 14.9. The Morgan fingerprint density at radius 2 is 2.07 bits per heavy atom. The Bertz CT molecular complexity index is 1010. The molecule has 1 aliphatic rings.